The molecular weight excluding hydrogens is 376 g/mol. The summed E-state index contributed by atoms with van der Waals surface area (Å²) in [5.41, 5.74) is 1.33. The van der Waals surface area contributed by atoms with Gasteiger partial charge in [0.05, 0.1) is 5.69 Å². The molecule has 7 heteroatoms. The van der Waals surface area contributed by atoms with Crippen LogP contribution in [0.4, 0.5) is 5.69 Å². The van der Waals surface area contributed by atoms with Crippen LogP contribution in [0.25, 0.3) is 0 Å². The van der Waals surface area contributed by atoms with E-state index < -0.39 is 18.0 Å². The molecule has 0 aliphatic heterocycles. The highest BCUT2D eigenvalue weighted by Crippen LogP contribution is 2.23. The van der Waals surface area contributed by atoms with Gasteiger partial charge in [0, 0.05) is 16.7 Å². The third kappa shape index (κ3) is 4.79. The van der Waals surface area contributed by atoms with E-state index in [1.54, 1.807) is 18.2 Å². The zero-order valence-corrected chi connectivity index (χ0v) is 14.9. The zero-order valence-electron chi connectivity index (χ0n) is 13.3. The van der Waals surface area contributed by atoms with E-state index in [1.807, 2.05) is 19.1 Å². The number of aryl methyl sites for hydroxylation is 1. The van der Waals surface area contributed by atoms with E-state index >= 15 is 0 Å². The number of halogens is 1. The van der Waals surface area contributed by atoms with Crippen molar-refractivity contribution in [2.75, 3.05) is 5.32 Å². The quantitative estimate of drug-likeness (QED) is 0.792. The van der Waals surface area contributed by atoms with Crippen LogP contribution in [0.15, 0.2) is 51.9 Å². The summed E-state index contributed by atoms with van der Waals surface area (Å²) in [5.74, 6) is -1.11. The molecule has 1 aromatic heterocycles. The Morgan fingerprint density at radius 1 is 1.29 bits per heavy atom. The van der Waals surface area contributed by atoms with Crippen LogP contribution in [-0.2, 0) is 20.9 Å². The van der Waals surface area contributed by atoms with E-state index in [0.29, 0.717) is 5.69 Å². The van der Waals surface area contributed by atoms with Crippen molar-refractivity contribution < 1.29 is 14.3 Å². The first kappa shape index (κ1) is 17.9. The third-order valence-electron chi connectivity index (χ3n) is 3.26. The zero-order chi connectivity index (χ0) is 17.7. The fourth-order valence-corrected chi connectivity index (χ4v) is 2.57. The van der Waals surface area contributed by atoms with Crippen molar-refractivity contribution in [2.24, 2.45) is 0 Å². The molecular formula is C17H17BrN2O4. The molecule has 24 heavy (non-hydrogen) atoms. The molecule has 1 N–H and O–H groups in total. The van der Waals surface area contributed by atoms with Gasteiger partial charge in [-0.05, 0) is 53.5 Å². The highest BCUT2D eigenvalue weighted by Gasteiger charge is 2.19. The number of carbonyl (C=O) groups excluding carboxylic acids is 2. The standard InChI is InChI=1S/C17H17BrN2O4/c1-11-6-7-14(13(18)9-11)19-17(23)12(2)24-16(22)10-20-8-4-3-5-15(20)21/h3-9,12H,10H2,1-2H3,(H,19,23)/t12-/m1/s1. The summed E-state index contributed by atoms with van der Waals surface area (Å²) >= 11 is 3.37. The normalized spacial score (nSPS) is 11.6. The smallest absolute Gasteiger partial charge is 0.326 e. The van der Waals surface area contributed by atoms with Gasteiger partial charge in [0.25, 0.3) is 11.5 Å². The average Bonchev–Trinajstić information content (AvgIpc) is 2.52. The lowest BCUT2D eigenvalue weighted by molar-refractivity contribution is -0.153. The number of nitrogens with one attached hydrogen (secondary N) is 1. The molecule has 0 unspecified atom stereocenters. The van der Waals surface area contributed by atoms with Gasteiger partial charge < -0.3 is 14.6 Å². The molecule has 2 rings (SSSR count). The second-order valence-electron chi connectivity index (χ2n) is 5.27. The Kier molecular flexibility index (Phi) is 5.92. The highest BCUT2D eigenvalue weighted by atomic mass is 79.9. The molecule has 0 aliphatic carbocycles. The van der Waals surface area contributed by atoms with Crippen LogP contribution in [0.1, 0.15) is 12.5 Å². The maximum absolute atomic E-state index is 12.1. The second-order valence-corrected chi connectivity index (χ2v) is 6.13. The number of carbonyl (C=O) groups is 2. The minimum absolute atomic E-state index is 0.245. The van der Waals surface area contributed by atoms with Crippen LogP contribution in [0.2, 0.25) is 0 Å². The van der Waals surface area contributed by atoms with Crippen LogP contribution in [-0.4, -0.2) is 22.5 Å². The molecule has 1 amide bonds. The maximum Gasteiger partial charge on any atom is 0.326 e. The highest BCUT2D eigenvalue weighted by molar-refractivity contribution is 9.10. The molecule has 1 aromatic carbocycles. The Morgan fingerprint density at radius 2 is 2.04 bits per heavy atom. The van der Waals surface area contributed by atoms with Gasteiger partial charge in [-0.2, -0.15) is 0 Å². The fraction of sp³-hybridized carbons (Fsp3) is 0.235. The maximum atomic E-state index is 12.1. The number of pyridine rings is 1. The molecule has 2 aromatic rings. The van der Waals surface area contributed by atoms with Gasteiger partial charge in [0.15, 0.2) is 6.10 Å². The number of ether oxygens (including phenoxy) is 1. The number of rotatable bonds is 5. The van der Waals surface area contributed by atoms with E-state index in [0.717, 1.165) is 10.0 Å². The number of hydrogen-bond acceptors (Lipinski definition) is 4. The molecule has 0 saturated carbocycles. The van der Waals surface area contributed by atoms with Gasteiger partial charge >= 0.3 is 5.97 Å². The van der Waals surface area contributed by atoms with Crippen LogP contribution in [0.5, 0.6) is 0 Å². The average molecular weight is 393 g/mol. The van der Waals surface area contributed by atoms with Gasteiger partial charge in [-0.15, -0.1) is 0 Å². The Morgan fingerprint density at radius 3 is 2.71 bits per heavy atom. The molecule has 0 bridgehead atoms. The van der Waals surface area contributed by atoms with Crippen LogP contribution < -0.4 is 10.9 Å². The summed E-state index contributed by atoms with van der Waals surface area (Å²) in [4.78, 5) is 35.6. The van der Waals surface area contributed by atoms with Gasteiger partial charge in [-0.25, -0.2) is 0 Å². The number of nitrogens with zero attached hydrogens (tertiary/aromatic N) is 1. The minimum atomic E-state index is -0.981. The molecule has 0 spiro atoms. The van der Waals surface area contributed by atoms with Crippen molar-refractivity contribution in [3.8, 4) is 0 Å². The summed E-state index contributed by atoms with van der Waals surface area (Å²) in [6.07, 6.45) is 0.503. The van der Waals surface area contributed by atoms with Crippen molar-refractivity contribution in [1.82, 2.24) is 4.57 Å². The minimum Gasteiger partial charge on any atom is -0.451 e. The molecule has 0 fully saturated rings. The lowest BCUT2D eigenvalue weighted by Gasteiger charge is -2.15. The van der Waals surface area contributed by atoms with Crippen molar-refractivity contribution in [3.63, 3.8) is 0 Å². The molecule has 0 saturated heterocycles. The molecule has 126 valence electrons. The molecule has 1 atom stereocenters. The number of anilines is 1. The van der Waals surface area contributed by atoms with E-state index in [1.165, 1.54) is 23.8 Å². The summed E-state index contributed by atoms with van der Waals surface area (Å²) < 4.78 is 7.03. The van der Waals surface area contributed by atoms with E-state index in [9.17, 15) is 14.4 Å². The summed E-state index contributed by atoms with van der Waals surface area (Å²) in [6, 6.07) is 10.1. The Labute approximate surface area is 147 Å². The predicted octanol–water partition coefficient (Wildman–Crippen LogP) is 2.49. The number of amides is 1. The van der Waals surface area contributed by atoms with Gasteiger partial charge in [0.2, 0.25) is 0 Å². The first-order valence-corrected chi connectivity index (χ1v) is 8.08. The van der Waals surface area contributed by atoms with E-state index in [-0.39, 0.29) is 12.1 Å². The molecule has 1 heterocycles. The second kappa shape index (κ2) is 7.92. The van der Waals surface area contributed by atoms with Crippen LogP contribution in [0.3, 0.4) is 0 Å². The monoisotopic (exact) mass is 392 g/mol. The van der Waals surface area contributed by atoms with Gasteiger partial charge in [-0.3, -0.25) is 14.4 Å². The molecule has 6 nitrogen and oxygen atoms in total. The van der Waals surface area contributed by atoms with Crippen molar-refractivity contribution in [1.29, 1.82) is 0 Å². The Hall–Kier alpha value is -2.41. The number of benzene rings is 1. The lowest BCUT2D eigenvalue weighted by Crippen LogP contribution is -2.32. The lowest BCUT2D eigenvalue weighted by atomic mass is 10.2. The third-order valence-corrected chi connectivity index (χ3v) is 3.91. The summed E-state index contributed by atoms with van der Waals surface area (Å²) in [7, 11) is 0. The van der Waals surface area contributed by atoms with Crippen LogP contribution in [0, 0.1) is 6.92 Å². The molecule has 0 aliphatic rings. The number of esters is 1. The van der Waals surface area contributed by atoms with Crippen LogP contribution >= 0.6 is 15.9 Å². The summed E-state index contributed by atoms with van der Waals surface area (Å²) in [5, 5.41) is 2.69. The van der Waals surface area contributed by atoms with Crippen molar-refractivity contribution in [2.45, 2.75) is 26.5 Å². The Bertz CT molecular complexity index is 816. The van der Waals surface area contributed by atoms with Crippen molar-refractivity contribution >= 4 is 33.5 Å². The SMILES string of the molecule is Cc1ccc(NC(=O)[C@@H](C)OC(=O)Cn2ccccc2=O)c(Br)c1. The van der Waals surface area contributed by atoms with Crippen molar-refractivity contribution in [3.05, 3.63) is 63.0 Å². The predicted molar refractivity (Wildman–Crippen MR) is 93.8 cm³/mol. The first-order valence-electron chi connectivity index (χ1n) is 7.29. The topological polar surface area (TPSA) is 77.4 Å². The largest absolute Gasteiger partial charge is 0.451 e. The van der Waals surface area contributed by atoms with Gasteiger partial charge in [0.1, 0.15) is 6.54 Å². The number of aromatic nitrogens is 1. The van der Waals surface area contributed by atoms with E-state index in [2.05, 4.69) is 21.2 Å². The van der Waals surface area contributed by atoms with E-state index in [4.69, 9.17) is 4.74 Å². The fourth-order valence-electron chi connectivity index (χ4n) is 1.97. The first-order chi connectivity index (χ1) is 11.4. The summed E-state index contributed by atoms with van der Waals surface area (Å²) in [6.45, 7) is 3.17. The number of hydrogen-bond donors (Lipinski definition) is 1. The molecule has 0 radical (unpaired) electrons. The van der Waals surface area contributed by atoms with Gasteiger partial charge in [-0.1, -0.05) is 12.1 Å². The Balaban J connectivity index is 1.94.